The van der Waals surface area contributed by atoms with Crippen LogP contribution < -0.4 is 0 Å². The molecule has 0 saturated carbocycles. The topological polar surface area (TPSA) is 36.4 Å². The summed E-state index contributed by atoms with van der Waals surface area (Å²) in [6.07, 6.45) is 0. The van der Waals surface area contributed by atoms with Gasteiger partial charge in [0.15, 0.2) is 0 Å². The van der Waals surface area contributed by atoms with Gasteiger partial charge in [-0.15, -0.1) is 11.3 Å². The highest BCUT2D eigenvalue weighted by Gasteiger charge is 2.22. The van der Waals surface area contributed by atoms with Crippen LogP contribution in [0.5, 0.6) is 0 Å². The average Bonchev–Trinajstić information content (AvgIpc) is 3.07. The maximum absolute atomic E-state index is 13.9. The van der Waals surface area contributed by atoms with Gasteiger partial charge in [0.1, 0.15) is 10.8 Å². The largest absolute Gasteiger partial charge is 0.335 e. The first kappa shape index (κ1) is 19.7. The summed E-state index contributed by atoms with van der Waals surface area (Å²) in [5.74, 6) is -0.422. The number of carbonyl (C=O) groups is 1. The van der Waals surface area contributed by atoms with Crippen molar-refractivity contribution in [2.45, 2.75) is 19.5 Å². The Morgan fingerprint density at radius 3 is 2.67 bits per heavy atom. The summed E-state index contributed by atoms with van der Waals surface area (Å²) in [5, 5.41) is 1.26. The van der Waals surface area contributed by atoms with Crippen LogP contribution in [0.1, 0.15) is 23.5 Å². The second-order valence-corrected chi connectivity index (χ2v) is 8.04. The van der Waals surface area contributed by atoms with Crippen LogP contribution >= 0.6 is 22.9 Å². The Kier molecular flexibility index (Phi) is 6.09. The number of hydrogen-bond donors (Lipinski definition) is 0. The van der Waals surface area contributed by atoms with Crippen LogP contribution in [0.2, 0.25) is 5.02 Å². The van der Waals surface area contributed by atoms with Gasteiger partial charge in [0, 0.05) is 24.2 Å². The van der Waals surface area contributed by atoms with Crippen LogP contribution in [-0.2, 0) is 11.3 Å². The highest BCUT2D eigenvalue weighted by atomic mass is 35.5. The van der Waals surface area contributed by atoms with E-state index in [4.69, 9.17) is 11.6 Å². The number of rotatable bonds is 6. The molecular weight excluding hydrogens is 385 g/mol. The fourth-order valence-electron chi connectivity index (χ4n) is 2.80. The first-order valence-corrected chi connectivity index (χ1v) is 9.79. The van der Waals surface area contributed by atoms with Gasteiger partial charge < -0.3 is 4.90 Å². The van der Waals surface area contributed by atoms with Gasteiger partial charge in [-0.05, 0) is 38.2 Å². The van der Waals surface area contributed by atoms with Crippen LogP contribution in [0, 0.1) is 5.82 Å². The SMILES string of the molecule is C[C@@H](c1nc2ccccc2s1)N(C)C(=O)CN(C)Cc1c(F)cccc1Cl. The van der Waals surface area contributed by atoms with E-state index >= 15 is 0 Å². The molecule has 0 spiro atoms. The van der Waals surface area contributed by atoms with Gasteiger partial charge in [-0.2, -0.15) is 0 Å². The maximum atomic E-state index is 13.9. The Hall–Kier alpha value is -2.02. The number of fused-ring (bicyclic) bond motifs is 1. The van der Waals surface area contributed by atoms with E-state index < -0.39 is 0 Å². The molecule has 0 bridgehead atoms. The number of nitrogens with zero attached hydrogens (tertiary/aromatic N) is 3. The van der Waals surface area contributed by atoms with Crippen LogP contribution in [0.3, 0.4) is 0 Å². The molecule has 1 aromatic heterocycles. The number of amides is 1. The predicted molar refractivity (Wildman–Crippen MR) is 109 cm³/mol. The van der Waals surface area contributed by atoms with Crippen LogP contribution in [0.25, 0.3) is 10.2 Å². The molecule has 0 radical (unpaired) electrons. The number of benzene rings is 2. The third kappa shape index (κ3) is 4.46. The molecule has 142 valence electrons. The molecule has 0 N–H and O–H groups in total. The van der Waals surface area contributed by atoms with Crippen molar-refractivity contribution in [2.24, 2.45) is 0 Å². The number of thiazole rings is 1. The summed E-state index contributed by atoms with van der Waals surface area (Å²) >= 11 is 7.66. The molecule has 7 heteroatoms. The van der Waals surface area contributed by atoms with Crippen molar-refractivity contribution in [3.05, 3.63) is 63.9 Å². The minimum absolute atomic E-state index is 0.0586. The Bertz CT molecular complexity index is 908. The first-order chi connectivity index (χ1) is 12.9. The lowest BCUT2D eigenvalue weighted by Crippen LogP contribution is -2.37. The molecule has 0 unspecified atom stereocenters. The molecular formula is C20H21ClFN3OS. The maximum Gasteiger partial charge on any atom is 0.237 e. The molecule has 4 nitrogen and oxygen atoms in total. The molecule has 1 atom stereocenters. The van der Waals surface area contributed by atoms with Crippen LogP contribution in [0.15, 0.2) is 42.5 Å². The highest BCUT2D eigenvalue weighted by molar-refractivity contribution is 7.18. The normalized spacial score (nSPS) is 12.5. The quantitative estimate of drug-likeness (QED) is 0.594. The summed E-state index contributed by atoms with van der Waals surface area (Å²) < 4.78 is 15.0. The molecule has 1 heterocycles. The number of aromatic nitrogens is 1. The first-order valence-electron chi connectivity index (χ1n) is 8.59. The molecule has 0 saturated heterocycles. The Morgan fingerprint density at radius 1 is 1.22 bits per heavy atom. The van der Waals surface area contributed by atoms with Gasteiger partial charge in [0.25, 0.3) is 0 Å². The average molecular weight is 406 g/mol. The van der Waals surface area contributed by atoms with Crippen molar-refractivity contribution in [1.82, 2.24) is 14.8 Å². The molecule has 2 aromatic carbocycles. The second kappa shape index (κ2) is 8.33. The molecule has 1 amide bonds. The van der Waals surface area contributed by atoms with E-state index in [9.17, 15) is 9.18 Å². The lowest BCUT2D eigenvalue weighted by Gasteiger charge is -2.26. The number of hydrogen-bond acceptors (Lipinski definition) is 4. The molecule has 3 rings (SSSR count). The minimum atomic E-state index is -0.363. The molecule has 0 fully saturated rings. The Labute approximate surface area is 167 Å². The lowest BCUT2D eigenvalue weighted by molar-refractivity contribution is -0.132. The van der Waals surface area contributed by atoms with Crippen molar-refractivity contribution in [1.29, 1.82) is 0 Å². The van der Waals surface area contributed by atoms with E-state index in [-0.39, 0.29) is 30.9 Å². The fraction of sp³-hybridized carbons (Fsp3) is 0.300. The second-order valence-electron chi connectivity index (χ2n) is 6.57. The molecule has 27 heavy (non-hydrogen) atoms. The molecule has 0 aliphatic carbocycles. The van der Waals surface area contributed by atoms with E-state index in [1.165, 1.54) is 6.07 Å². The van der Waals surface area contributed by atoms with Gasteiger partial charge in [-0.25, -0.2) is 9.37 Å². The van der Waals surface area contributed by atoms with Gasteiger partial charge in [-0.3, -0.25) is 9.69 Å². The van der Waals surface area contributed by atoms with Gasteiger partial charge in [-0.1, -0.05) is 29.8 Å². The van der Waals surface area contributed by atoms with Crippen LogP contribution in [0.4, 0.5) is 4.39 Å². The van der Waals surface area contributed by atoms with E-state index in [1.807, 2.05) is 31.2 Å². The van der Waals surface area contributed by atoms with Gasteiger partial charge in [0.05, 0.1) is 22.8 Å². The Balaban J connectivity index is 1.65. The van der Waals surface area contributed by atoms with Crippen molar-refractivity contribution >= 4 is 39.1 Å². The van der Waals surface area contributed by atoms with Crippen molar-refractivity contribution in [2.75, 3.05) is 20.6 Å². The smallest absolute Gasteiger partial charge is 0.237 e. The van der Waals surface area contributed by atoms with Gasteiger partial charge in [0.2, 0.25) is 5.91 Å². The standard InChI is InChI=1S/C20H21ClFN3OS/c1-13(20-23-17-9-4-5-10-18(17)27-20)25(3)19(26)12-24(2)11-14-15(21)7-6-8-16(14)22/h4-10,13H,11-12H2,1-3H3/t13-/m0/s1. The van der Waals surface area contributed by atoms with Crippen molar-refractivity contribution < 1.29 is 9.18 Å². The zero-order chi connectivity index (χ0) is 19.6. The van der Waals surface area contributed by atoms with E-state index in [2.05, 4.69) is 4.98 Å². The van der Waals surface area contributed by atoms with Crippen molar-refractivity contribution in [3.8, 4) is 0 Å². The number of para-hydroxylation sites is 1. The van der Waals surface area contributed by atoms with Crippen LogP contribution in [-0.4, -0.2) is 41.3 Å². The molecule has 3 aromatic rings. The van der Waals surface area contributed by atoms with Gasteiger partial charge >= 0.3 is 0 Å². The third-order valence-corrected chi connectivity index (χ3v) is 6.10. The number of likely N-dealkylation sites (N-methyl/N-ethyl adjacent to an activating group) is 2. The highest BCUT2D eigenvalue weighted by Crippen LogP contribution is 2.29. The zero-order valence-corrected chi connectivity index (χ0v) is 17.0. The van der Waals surface area contributed by atoms with E-state index in [1.54, 1.807) is 47.4 Å². The predicted octanol–water partition coefficient (Wildman–Crippen LogP) is 4.74. The monoisotopic (exact) mass is 405 g/mol. The number of carbonyl (C=O) groups excluding carboxylic acids is 1. The van der Waals surface area contributed by atoms with Crippen molar-refractivity contribution in [3.63, 3.8) is 0 Å². The molecule has 0 aliphatic heterocycles. The summed E-state index contributed by atoms with van der Waals surface area (Å²) in [6, 6.07) is 12.4. The Morgan fingerprint density at radius 2 is 1.96 bits per heavy atom. The summed E-state index contributed by atoms with van der Waals surface area (Å²) in [7, 11) is 3.54. The van der Waals surface area contributed by atoms with E-state index in [0.29, 0.717) is 10.6 Å². The summed E-state index contributed by atoms with van der Waals surface area (Å²) in [6.45, 7) is 2.39. The van der Waals surface area contributed by atoms with E-state index in [0.717, 1.165) is 15.2 Å². The summed E-state index contributed by atoms with van der Waals surface area (Å²) in [4.78, 5) is 20.7. The third-order valence-electron chi connectivity index (χ3n) is 4.54. The summed E-state index contributed by atoms with van der Waals surface area (Å²) in [5.41, 5.74) is 1.34. The lowest BCUT2D eigenvalue weighted by atomic mass is 10.2. The number of halogens is 2. The molecule has 0 aliphatic rings. The zero-order valence-electron chi connectivity index (χ0n) is 15.4. The minimum Gasteiger partial charge on any atom is -0.335 e. The fourth-order valence-corrected chi connectivity index (χ4v) is 4.09.